The first-order chi connectivity index (χ1) is 6.65. The van der Waals surface area contributed by atoms with Gasteiger partial charge < -0.3 is 14.8 Å². The molecule has 0 fully saturated rings. The molecule has 1 aromatic rings. The molecule has 0 bridgehead atoms. The number of oxazole rings is 1. The van der Waals surface area contributed by atoms with Gasteiger partial charge in [-0.2, -0.15) is 0 Å². The van der Waals surface area contributed by atoms with Crippen molar-refractivity contribution in [2.24, 2.45) is 0 Å². The fourth-order valence-electron chi connectivity index (χ4n) is 0.955. The number of nitrogens with zero attached hydrogens (tertiary/aromatic N) is 1. The van der Waals surface area contributed by atoms with Crippen LogP contribution in [-0.4, -0.2) is 28.6 Å². The summed E-state index contributed by atoms with van der Waals surface area (Å²) in [6.07, 6.45) is 1.32. The fraction of sp³-hybridized carbons (Fsp3) is 0.556. The van der Waals surface area contributed by atoms with Crippen LogP contribution < -0.4 is 5.32 Å². The second-order valence-corrected chi connectivity index (χ2v) is 3.04. The highest BCUT2D eigenvalue weighted by atomic mass is 16.3. The second-order valence-electron chi connectivity index (χ2n) is 3.04. The zero-order valence-corrected chi connectivity index (χ0v) is 8.28. The molecule has 0 aromatic carbocycles. The Morgan fingerprint density at radius 1 is 1.79 bits per heavy atom. The van der Waals surface area contributed by atoms with Crippen LogP contribution in [0.5, 0.6) is 0 Å². The monoisotopic (exact) mass is 198 g/mol. The number of amides is 1. The summed E-state index contributed by atoms with van der Waals surface area (Å²) in [4.78, 5) is 15.2. The van der Waals surface area contributed by atoms with Crippen LogP contribution in [0.3, 0.4) is 0 Å². The number of aliphatic hydroxyl groups excluding tert-OH is 1. The van der Waals surface area contributed by atoms with Crippen LogP contribution in [-0.2, 0) is 0 Å². The van der Waals surface area contributed by atoms with E-state index in [4.69, 9.17) is 4.42 Å². The molecule has 1 unspecified atom stereocenters. The van der Waals surface area contributed by atoms with Crippen LogP contribution in [0.2, 0.25) is 0 Å². The van der Waals surface area contributed by atoms with Crippen molar-refractivity contribution in [2.75, 3.05) is 6.54 Å². The van der Waals surface area contributed by atoms with E-state index < -0.39 is 6.10 Å². The molecule has 0 spiro atoms. The van der Waals surface area contributed by atoms with Crippen LogP contribution >= 0.6 is 0 Å². The summed E-state index contributed by atoms with van der Waals surface area (Å²) in [6.45, 7) is 3.76. The van der Waals surface area contributed by atoms with Gasteiger partial charge in [0.25, 0.3) is 5.91 Å². The Morgan fingerprint density at radius 3 is 3.00 bits per heavy atom. The van der Waals surface area contributed by atoms with Gasteiger partial charge in [0.05, 0.1) is 11.8 Å². The van der Waals surface area contributed by atoms with E-state index in [1.54, 1.807) is 6.92 Å². The molecular weight excluding hydrogens is 184 g/mol. The van der Waals surface area contributed by atoms with Gasteiger partial charge in [-0.1, -0.05) is 6.92 Å². The average Bonchev–Trinajstić information content (AvgIpc) is 2.60. The third-order valence-electron chi connectivity index (χ3n) is 1.92. The molecule has 1 amide bonds. The van der Waals surface area contributed by atoms with Crippen molar-refractivity contribution in [1.29, 1.82) is 0 Å². The summed E-state index contributed by atoms with van der Waals surface area (Å²) >= 11 is 0. The summed E-state index contributed by atoms with van der Waals surface area (Å²) in [5.74, 6) is -0.138. The van der Waals surface area contributed by atoms with Crippen LogP contribution in [0.25, 0.3) is 0 Å². The number of aryl methyl sites for hydroxylation is 1. The SMILES string of the molecule is CCC(O)CNC(=O)c1ocnc1C. The van der Waals surface area contributed by atoms with Gasteiger partial charge >= 0.3 is 0 Å². The quantitative estimate of drug-likeness (QED) is 0.738. The molecular formula is C9H14N2O3. The lowest BCUT2D eigenvalue weighted by molar-refractivity contribution is 0.0886. The molecule has 0 aliphatic rings. The highest BCUT2D eigenvalue weighted by Crippen LogP contribution is 2.04. The van der Waals surface area contributed by atoms with E-state index in [1.807, 2.05) is 6.92 Å². The normalized spacial score (nSPS) is 12.5. The molecule has 1 atom stereocenters. The Bertz CT molecular complexity index is 309. The minimum atomic E-state index is -0.512. The van der Waals surface area contributed by atoms with Crippen LogP contribution in [0, 0.1) is 6.92 Å². The zero-order valence-electron chi connectivity index (χ0n) is 8.28. The van der Waals surface area contributed by atoms with Gasteiger partial charge in [0.15, 0.2) is 6.39 Å². The molecule has 0 saturated heterocycles. The van der Waals surface area contributed by atoms with Crippen molar-refractivity contribution < 1.29 is 14.3 Å². The number of carbonyl (C=O) groups is 1. The van der Waals surface area contributed by atoms with Crippen molar-refractivity contribution >= 4 is 5.91 Å². The van der Waals surface area contributed by atoms with Gasteiger partial charge in [-0.25, -0.2) is 4.98 Å². The van der Waals surface area contributed by atoms with Crippen molar-refractivity contribution in [3.63, 3.8) is 0 Å². The van der Waals surface area contributed by atoms with Crippen LogP contribution in [0.1, 0.15) is 29.6 Å². The number of aromatic nitrogens is 1. The molecule has 1 heterocycles. The number of hydrogen-bond acceptors (Lipinski definition) is 4. The topological polar surface area (TPSA) is 75.4 Å². The van der Waals surface area contributed by atoms with E-state index in [9.17, 15) is 9.90 Å². The second kappa shape index (κ2) is 4.76. The number of rotatable bonds is 4. The maximum absolute atomic E-state index is 11.4. The van der Waals surface area contributed by atoms with Gasteiger partial charge in [-0.05, 0) is 13.3 Å². The molecule has 5 nitrogen and oxygen atoms in total. The number of hydrogen-bond donors (Lipinski definition) is 2. The van der Waals surface area contributed by atoms with E-state index in [0.717, 1.165) is 0 Å². The third-order valence-corrected chi connectivity index (χ3v) is 1.92. The Balaban J connectivity index is 2.47. The summed E-state index contributed by atoms with van der Waals surface area (Å²) in [7, 11) is 0. The molecule has 1 rings (SSSR count). The van der Waals surface area contributed by atoms with Gasteiger partial charge in [-0.15, -0.1) is 0 Å². The van der Waals surface area contributed by atoms with Gasteiger partial charge in [0.2, 0.25) is 5.76 Å². The Hall–Kier alpha value is -1.36. The van der Waals surface area contributed by atoms with Crippen LogP contribution in [0.4, 0.5) is 0 Å². The lowest BCUT2D eigenvalue weighted by atomic mass is 10.2. The average molecular weight is 198 g/mol. The highest BCUT2D eigenvalue weighted by molar-refractivity contribution is 5.92. The molecule has 0 radical (unpaired) electrons. The van der Waals surface area contributed by atoms with Gasteiger partial charge in [-0.3, -0.25) is 4.79 Å². The molecule has 14 heavy (non-hydrogen) atoms. The Morgan fingerprint density at radius 2 is 2.50 bits per heavy atom. The number of aliphatic hydroxyl groups is 1. The Labute approximate surface area is 82.1 Å². The molecule has 0 saturated carbocycles. The molecule has 78 valence electrons. The molecule has 5 heteroatoms. The first-order valence-electron chi connectivity index (χ1n) is 4.51. The fourth-order valence-corrected chi connectivity index (χ4v) is 0.955. The first kappa shape index (κ1) is 10.7. The standard InChI is InChI=1S/C9H14N2O3/c1-3-7(12)4-10-9(13)8-6(2)11-5-14-8/h5,7,12H,3-4H2,1-2H3,(H,10,13). The largest absolute Gasteiger partial charge is 0.438 e. The lowest BCUT2D eigenvalue weighted by Gasteiger charge is -2.07. The van der Waals surface area contributed by atoms with E-state index >= 15 is 0 Å². The maximum atomic E-state index is 11.4. The van der Waals surface area contributed by atoms with E-state index in [2.05, 4.69) is 10.3 Å². The minimum absolute atomic E-state index is 0.202. The molecule has 0 aliphatic heterocycles. The molecule has 1 aromatic heterocycles. The lowest BCUT2D eigenvalue weighted by Crippen LogP contribution is -2.31. The smallest absolute Gasteiger partial charge is 0.289 e. The summed E-state index contributed by atoms with van der Waals surface area (Å²) in [5, 5.41) is 11.8. The predicted molar refractivity (Wildman–Crippen MR) is 49.9 cm³/mol. The van der Waals surface area contributed by atoms with Gasteiger partial charge in [0.1, 0.15) is 0 Å². The van der Waals surface area contributed by atoms with E-state index in [-0.39, 0.29) is 18.2 Å². The summed E-state index contributed by atoms with van der Waals surface area (Å²) < 4.78 is 4.89. The number of nitrogens with one attached hydrogen (secondary N) is 1. The number of carbonyl (C=O) groups excluding carboxylic acids is 1. The predicted octanol–water partition coefficient (Wildman–Crippen LogP) is 0.484. The van der Waals surface area contributed by atoms with E-state index in [1.165, 1.54) is 6.39 Å². The molecule has 2 N–H and O–H groups in total. The Kier molecular flexibility index (Phi) is 3.64. The van der Waals surface area contributed by atoms with Crippen molar-refractivity contribution in [3.8, 4) is 0 Å². The first-order valence-corrected chi connectivity index (χ1v) is 4.51. The van der Waals surface area contributed by atoms with Crippen molar-refractivity contribution in [2.45, 2.75) is 26.4 Å². The highest BCUT2D eigenvalue weighted by Gasteiger charge is 2.14. The summed E-state index contributed by atoms with van der Waals surface area (Å²) in [5.41, 5.74) is 0.550. The minimum Gasteiger partial charge on any atom is -0.438 e. The third kappa shape index (κ3) is 2.56. The zero-order chi connectivity index (χ0) is 10.6. The van der Waals surface area contributed by atoms with E-state index in [0.29, 0.717) is 12.1 Å². The van der Waals surface area contributed by atoms with Crippen LogP contribution in [0.15, 0.2) is 10.8 Å². The van der Waals surface area contributed by atoms with Crippen molar-refractivity contribution in [3.05, 3.63) is 17.8 Å². The van der Waals surface area contributed by atoms with Crippen molar-refractivity contribution in [1.82, 2.24) is 10.3 Å². The van der Waals surface area contributed by atoms with Gasteiger partial charge in [0, 0.05) is 6.54 Å². The maximum Gasteiger partial charge on any atom is 0.289 e. The summed E-state index contributed by atoms with van der Waals surface area (Å²) in [6, 6.07) is 0. The molecule has 0 aliphatic carbocycles.